The lowest BCUT2D eigenvalue weighted by Crippen LogP contribution is -2.20. The molecule has 1 aliphatic rings. The van der Waals surface area contributed by atoms with Crippen molar-refractivity contribution in [2.45, 2.75) is 66.2 Å². The van der Waals surface area contributed by atoms with Gasteiger partial charge in [0, 0.05) is 25.3 Å². The van der Waals surface area contributed by atoms with E-state index in [0.29, 0.717) is 11.5 Å². The van der Waals surface area contributed by atoms with Gasteiger partial charge in [0.2, 0.25) is 0 Å². The van der Waals surface area contributed by atoms with Gasteiger partial charge in [0.15, 0.2) is 0 Å². The first kappa shape index (κ1) is 20.9. The summed E-state index contributed by atoms with van der Waals surface area (Å²) >= 11 is 0. The third-order valence-corrected chi connectivity index (χ3v) is 4.92. The molecular formula is C23H30O4. The summed E-state index contributed by atoms with van der Waals surface area (Å²) in [7, 11) is 0. The van der Waals surface area contributed by atoms with Crippen molar-refractivity contribution >= 4 is 11.9 Å². The van der Waals surface area contributed by atoms with E-state index in [4.69, 9.17) is 9.47 Å². The Balaban J connectivity index is 2.71. The highest BCUT2D eigenvalue weighted by atomic mass is 16.5. The van der Waals surface area contributed by atoms with Gasteiger partial charge in [-0.05, 0) is 56.7 Å². The molecule has 1 aromatic carbocycles. The number of hydrogen-bond acceptors (Lipinski definition) is 4. The average Bonchev–Trinajstić information content (AvgIpc) is 2.53. The molecule has 0 aliphatic heterocycles. The van der Waals surface area contributed by atoms with Crippen LogP contribution in [0.3, 0.4) is 0 Å². The number of aryl methyl sites for hydroxylation is 1. The number of carbonyl (C=O) groups is 2. The highest BCUT2D eigenvalue weighted by molar-refractivity contribution is 5.73. The van der Waals surface area contributed by atoms with Crippen molar-refractivity contribution in [3.8, 4) is 11.5 Å². The van der Waals surface area contributed by atoms with Crippen LogP contribution in [-0.2, 0) is 16.0 Å². The van der Waals surface area contributed by atoms with Crippen LogP contribution in [0.5, 0.6) is 11.5 Å². The summed E-state index contributed by atoms with van der Waals surface area (Å²) < 4.78 is 11.2. The molecule has 4 heteroatoms. The summed E-state index contributed by atoms with van der Waals surface area (Å²) in [6, 6.07) is 3.81. The van der Waals surface area contributed by atoms with Gasteiger partial charge < -0.3 is 9.47 Å². The molecule has 0 heterocycles. The van der Waals surface area contributed by atoms with Gasteiger partial charge in [0.1, 0.15) is 11.5 Å². The van der Waals surface area contributed by atoms with Gasteiger partial charge in [-0.1, -0.05) is 37.1 Å². The number of rotatable bonds is 6. The Labute approximate surface area is 162 Å². The Kier molecular flexibility index (Phi) is 7.00. The zero-order valence-corrected chi connectivity index (χ0v) is 17.1. The Morgan fingerprint density at radius 1 is 1.11 bits per heavy atom. The van der Waals surface area contributed by atoms with E-state index < -0.39 is 0 Å². The number of esters is 2. The maximum Gasteiger partial charge on any atom is 0.308 e. The van der Waals surface area contributed by atoms with E-state index in [1.165, 1.54) is 19.4 Å². The largest absolute Gasteiger partial charge is 0.426 e. The summed E-state index contributed by atoms with van der Waals surface area (Å²) in [5, 5.41) is 0. The third-order valence-electron chi connectivity index (χ3n) is 4.92. The quantitative estimate of drug-likeness (QED) is 0.377. The molecule has 0 radical (unpaired) electrons. The summed E-state index contributed by atoms with van der Waals surface area (Å²) in [6.45, 7) is 13.1. The van der Waals surface area contributed by atoms with Gasteiger partial charge in [0.25, 0.3) is 0 Å². The van der Waals surface area contributed by atoms with Gasteiger partial charge in [-0.2, -0.15) is 0 Å². The van der Waals surface area contributed by atoms with E-state index in [0.717, 1.165) is 42.4 Å². The Hall–Kier alpha value is -2.36. The number of allylic oxidation sites excluding steroid dienone is 3. The monoisotopic (exact) mass is 370 g/mol. The molecule has 27 heavy (non-hydrogen) atoms. The predicted molar refractivity (Wildman–Crippen MR) is 107 cm³/mol. The number of benzene rings is 1. The summed E-state index contributed by atoms with van der Waals surface area (Å²) in [4.78, 5) is 23.5. The standard InChI is InChI=1S/C23H30O4/c1-7-8-18-12-21(26-16(5)24)23(22(13-18)27-17(6)25)20-11-15(4)9-10-19(20)14(2)3/h11-13,19-20H,2,7-10H2,1,3-6H3/t19-,20+/m0/s1. The van der Waals surface area contributed by atoms with E-state index >= 15 is 0 Å². The first-order valence-electron chi connectivity index (χ1n) is 9.59. The minimum absolute atomic E-state index is 0.0457. The van der Waals surface area contributed by atoms with Crippen LogP contribution < -0.4 is 9.47 Å². The number of hydrogen-bond donors (Lipinski definition) is 0. The minimum Gasteiger partial charge on any atom is -0.426 e. The maximum atomic E-state index is 11.8. The fourth-order valence-corrected chi connectivity index (χ4v) is 3.80. The first-order valence-corrected chi connectivity index (χ1v) is 9.59. The molecule has 2 rings (SSSR count). The molecule has 2 atom stereocenters. The molecule has 0 amide bonds. The van der Waals surface area contributed by atoms with E-state index in [-0.39, 0.29) is 23.8 Å². The van der Waals surface area contributed by atoms with Gasteiger partial charge in [-0.15, -0.1) is 0 Å². The van der Waals surface area contributed by atoms with Crippen molar-refractivity contribution in [2.24, 2.45) is 5.92 Å². The topological polar surface area (TPSA) is 52.6 Å². The number of ether oxygens (including phenoxy) is 2. The molecule has 4 nitrogen and oxygen atoms in total. The fraction of sp³-hybridized carbons (Fsp3) is 0.478. The van der Waals surface area contributed by atoms with Gasteiger partial charge in [-0.25, -0.2) is 0 Å². The van der Waals surface area contributed by atoms with E-state index in [1.807, 2.05) is 19.1 Å². The van der Waals surface area contributed by atoms with Crippen LogP contribution in [0.15, 0.2) is 35.9 Å². The zero-order valence-electron chi connectivity index (χ0n) is 17.1. The van der Waals surface area contributed by atoms with Crippen molar-refractivity contribution in [2.75, 3.05) is 0 Å². The van der Waals surface area contributed by atoms with Crippen LogP contribution in [-0.4, -0.2) is 11.9 Å². The van der Waals surface area contributed by atoms with Crippen molar-refractivity contribution in [1.29, 1.82) is 0 Å². The van der Waals surface area contributed by atoms with Gasteiger partial charge in [-0.3, -0.25) is 9.59 Å². The van der Waals surface area contributed by atoms with Gasteiger partial charge >= 0.3 is 11.9 Å². The van der Waals surface area contributed by atoms with Gasteiger partial charge in [0.05, 0.1) is 0 Å². The molecule has 0 fully saturated rings. The fourth-order valence-electron chi connectivity index (χ4n) is 3.80. The zero-order chi connectivity index (χ0) is 20.1. The molecule has 146 valence electrons. The molecule has 0 aromatic heterocycles. The molecule has 0 saturated heterocycles. The Bertz CT molecular complexity index is 736. The van der Waals surface area contributed by atoms with Crippen molar-refractivity contribution < 1.29 is 19.1 Å². The summed E-state index contributed by atoms with van der Waals surface area (Å²) in [5.74, 6) is 0.341. The van der Waals surface area contributed by atoms with E-state index in [2.05, 4.69) is 26.5 Å². The molecule has 1 aliphatic carbocycles. The van der Waals surface area contributed by atoms with Crippen LogP contribution in [0, 0.1) is 5.92 Å². The predicted octanol–water partition coefficient (Wildman–Crippen LogP) is 5.51. The lowest BCUT2D eigenvalue weighted by Gasteiger charge is -2.32. The maximum absolute atomic E-state index is 11.8. The van der Waals surface area contributed by atoms with Crippen LogP contribution in [0.4, 0.5) is 0 Å². The second-order valence-corrected chi connectivity index (χ2v) is 7.47. The van der Waals surface area contributed by atoms with Crippen LogP contribution in [0.1, 0.15) is 70.9 Å². The van der Waals surface area contributed by atoms with Crippen LogP contribution >= 0.6 is 0 Å². The second-order valence-electron chi connectivity index (χ2n) is 7.47. The normalized spacial score (nSPS) is 19.2. The van der Waals surface area contributed by atoms with E-state index in [1.54, 1.807) is 0 Å². The summed E-state index contributed by atoms with van der Waals surface area (Å²) in [5.41, 5.74) is 4.09. The number of carbonyl (C=O) groups excluding carboxylic acids is 2. The third kappa shape index (κ3) is 5.31. The Morgan fingerprint density at radius 2 is 1.67 bits per heavy atom. The minimum atomic E-state index is -0.387. The van der Waals surface area contributed by atoms with E-state index in [9.17, 15) is 9.59 Å². The molecule has 0 bridgehead atoms. The smallest absolute Gasteiger partial charge is 0.308 e. The molecular weight excluding hydrogens is 340 g/mol. The molecule has 0 unspecified atom stereocenters. The lowest BCUT2D eigenvalue weighted by molar-refractivity contribution is -0.132. The first-order chi connectivity index (χ1) is 12.7. The van der Waals surface area contributed by atoms with Crippen LogP contribution in [0.2, 0.25) is 0 Å². The molecule has 0 N–H and O–H groups in total. The van der Waals surface area contributed by atoms with Crippen molar-refractivity contribution in [3.05, 3.63) is 47.1 Å². The lowest BCUT2D eigenvalue weighted by atomic mass is 9.73. The van der Waals surface area contributed by atoms with Crippen molar-refractivity contribution in [3.63, 3.8) is 0 Å². The SMILES string of the molecule is C=C(C)[C@@H]1CCC(C)=C[C@H]1c1c(OC(C)=O)cc(CCC)cc1OC(C)=O. The highest BCUT2D eigenvalue weighted by Gasteiger charge is 2.32. The molecule has 0 saturated carbocycles. The van der Waals surface area contributed by atoms with Crippen LogP contribution in [0.25, 0.3) is 0 Å². The summed E-state index contributed by atoms with van der Waals surface area (Å²) in [6.07, 6.45) is 5.92. The molecule has 1 aromatic rings. The Morgan fingerprint density at radius 3 is 2.11 bits per heavy atom. The highest BCUT2D eigenvalue weighted by Crippen LogP contribution is 2.47. The van der Waals surface area contributed by atoms with Crippen molar-refractivity contribution in [1.82, 2.24) is 0 Å². The molecule has 0 spiro atoms. The second kappa shape index (κ2) is 9.03. The average molecular weight is 370 g/mol.